The molecular weight excluding hydrogens is 369 g/mol. The number of aryl methyl sites for hydroxylation is 1. The van der Waals surface area contributed by atoms with Crippen molar-refractivity contribution in [3.63, 3.8) is 0 Å². The Morgan fingerprint density at radius 3 is 2.61 bits per heavy atom. The van der Waals surface area contributed by atoms with Crippen molar-refractivity contribution in [2.75, 3.05) is 43.9 Å². The Balaban J connectivity index is 1.57. The van der Waals surface area contributed by atoms with Gasteiger partial charge in [-0.1, -0.05) is 11.2 Å². The zero-order valence-corrected chi connectivity index (χ0v) is 15.7. The Hall–Kier alpha value is -3.14. The number of halogens is 1. The second-order valence-corrected chi connectivity index (χ2v) is 6.45. The maximum atomic E-state index is 14.1. The van der Waals surface area contributed by atoms with Crippen LogP contribution in [0, 0.1) is 12.7 Å². The minimum atomic E-state index is -0.615. The summed E-state index contributed by atoms with van der Waals surface area (Å²) in [5, 5.41) is 8.61. The molecule has 3 rings (SSSR count). The van der Waals surface area contributed by atoms with E-state index in [9.17, 15) is 14.0 Å². The van der Waals surface area contributed by atoms with E-state index < -0.39 is 11.8 Å². The van der Waals surface area contributed by atoms with E-state index >= 15 is 0 Å². The molecule has 0 aliphatic carbocycles. The average Bonchev–Trinajstić information content (AvgIpc) is 3.09. The van der Waals surface area contributed by atoms with E-state index in [4.69, 9.17) is 9.26 Å². The number of hydrogen-bond donors (Lipinski definition) is 2. The zero-order valence-electron chi connectivity index (χ0n) is 15.7. The highest BCUT2D eigenvalue weighted by atomic mass is 19.1. The lowest BCUT2D eigenvalue weighted by Crippen LogP contribution is -2.48. The fraction of sp³-hybridized carbons (Fsp3) is 0.389. The van der Waals surface area contributed by atoms with Gasteiger partial charge in [-0.3, -0.25) is 10.2 Å². The van der Waals surface area contributed by atoms with Gasteiger partial charge in [-0.15, -0.1) is 0 Å². The van der Waals surface area contributed by atoms with Gasteiger partial charge in [-0.05, 0) is 24.6 Å². The number of carbonyl (C=O) groups excluding carboxylic acids is 2. The van der Waals surface area contributed by atoms with Crippen molar-refractivity contribution in [2.24, 2.45) is 0 Å². The van der Waals surface area contributed by atoms with Crippen molar-refractivity contribution in [1.29, 1.82) is 0 Å². The monoisotopic (exact) mass is 391 g/mol. The number of hydrogen-bond acceptors (Lipinski definition) is 6. The Kier molecular flexibility index (Phi) is 6.09. The summed E-state index contributed by atoms with van der Waals surface area (Å²) < 4.78 is 23.7. The molecule has 0 saturated carbocycles. The molecule has 1 aliphatic heterocycles. The third kappa shape index (κ3) is 4.97. The molecular formula is C18H22FN5O4. The van der Waals surface area contributed by atoms with E-state index in [0.29, 0.717) is 38.5 Å². The number of methoxy groups -OCH3 is 1. The fourth-order valence-corrected chi connectivity index (χ4v) is 2.94. The van der Waals surface area contributed by atoms with Gasteiger partial charge < -0.3 is 19.5 Å². The van der Waals surface area contributed by atoms with Gasteiger partial charge in [-0.2, -0.15) is 0 Å². The number of carbonyl (C=O) groups is 2. The Labute approximate surface area is 161 Å². The van der Waals surface area contributed by atoms with Crippen LogP contribution in [-0.2, 0) is 11.3 Å². The van der Waals surface area contributed by atoms with Crippen molar-refractivity contribution in [3.8, 4) is 0 Å². The van der Waals surface area contributed by atoms with Gasteiger partial charge in [0.15, 0.2) is 5.82 Å². The fourth-order valence-electron chi connectivity index (χ4n) is 2.94. The number of urea groups is 1. The number of rotatable bonds is 4. The first-order chi connectivity index (χ1) is 13.4. The maximum Gasteiger partial charge on any atom is 0.409 e. The lowest BCUT2D eigenvalue weighted by Gasteiger charge is -2.33. The van der Waals surface area contributed by atoms with Gasteiger partial charge in [0, 0.05) is 38.8 Å². The normalized spacial score (nSPS) is 14.6. The van der Waals surface area contributed by atoms with E-state index in [2.05, 4.69) is 20.7 Å². The highest BCUT2D eigenvalue weighted by Gasteiger charge is 2.21. The lowest BCUT2D eigenvalue weighted by molar-refractivity contribution is 0.0889. The van der Waals surface area contributed by atoms with Crippen LogP contribution >= 0.6 is 0 Å². The minimum Gasteiger partial charge on any atom is -0.453 e. The smallest absolute Gasteiger partial charge is 0.409 e. The molecule has 1 aliphatic rings. The number of nitrogens with zero attached hydrogens (tertiary/aromatic N) is 3. The largest absolute Gasteiger partial charge is 0.453 e. The molecule has 0 unspecified atom stereocenters. The minimum absolute atomic E-state index is 0.0726. The van der Waals surface area contributed by atoms with Crippen molar-refractivity contribution in [3.05, 3.63) is 41.4 Å². The molecule has 2 heterocycles. The SMILES string of the molecule is COC(=O)N1CCN(Cc2ccc(F)c(NC(=O)Nc3cc(C)on3)c2)CC1. The molecule has 10 heteroatoms. The number of aromatic nitrogens is 1. The molecule has 3 amide bonds. The summed E-state index contributed by atoms with van der Waals surface area (Å²) in [5.41, 5.74) is 0.920. The van der Waals surface area contributed by atoms with E-state index in [1.54, 1.807) is 30.0 Å². The summed E-state index contributed by atoms with van der Waals surface area (Å²) in [6.07, 6.45) is -0.332. The maximum absolute atomic E-state index is 14.1. The van der Waals surface area contributed by atoms with Gasteiger partial charge in [0.25, 0.3) is 0 Å². The second-order valence-electron chi connectivity index (χ2n) is 6.45. The van der Waals surface area contributed by atoms with Gasteiger partial charge in [0.05, 0.1) is 12.8 Å². The van der Waals surface area contributed by atoms with Gasteiger partial charge >= 0.3 is 12.1 Å². The molecule has 150 valence electrons. The van der Waals surface area contributed by atoms with Crippen LogP contribution < -0.4 is 10.6 Å². The number of benzene rings is 1. The standard InChI is InChI=1S/C18H22FN5O4/c1-12-9-16(22-28-12)21-17(25)20-15-10-13(3-4-14(15)19)11-23-5-7-24(8-6-23)18(26)27-2/h3-4,9-10H,5-8,11H2,1-2H3,(H2,20,21,22,25). The molecule has 0 radical (unpaired) electrons. The Bertz CT molecular complexity index is 848. The van der Waals surface area contributed by atoms with E-state index in [1.807, 2.05) is 0 Å². The van der Waals surface area contributed by atoms with Gasteiger partial charge in [0.1, 0.15) is 11.6 Å². The summed E-state index contributed by atoms with van der Waals surface area (Å²) in [5.74, 6) is 0.261. The first-order valence-corrected chi connectivity index (χ1v) is 8.79. The molecule has 1 saturated heterocycles. The van der Waals surface area contributed by atoms with Crippen LogP contribution in [0.2, 0.25) is 0 Å². The predicted molar refractivity (Wildman–Crippen MR) is 99.5 cm³/mol. The molecule has 9 nitrogen and oxygen atoms in total. The average molecular weight is 391 g/mol. The first-order valence-electron chi connectivity index (χ1n) is 8.79. The predicted octanol–water partition coefficient (Wildman–Crippen LogP) is 2.65. The number of nitrogens with one attached hydrogen (secondary N) is 2. The van der Waals surface area contributed by atoms with Gasteiger partial charge in [-0.25, -0.2) is 14.0 Å². The third-order valence-corrected chi connectivity index (χ3v) is 4.36. The molecule has 28 heavy (non-hydrogen) atoms. The first kappa shape index (κ1) is 19.6. The van der Waals surface area contributed by atoms with Crippen LogP contribution in [0.5, 0.6) is 0 Å². The second kappa shape index (κ2) is 8.70. The Morgan fingerprint density at radius 2 is 1.96 bits per heavy atom. The summed E-state index contributed by atoms with van der Waals surface area (Å²) in [6.45, 7) is 4.78. The Morgan fingerprint density at radius 1 is 1.21 bits per heavy atom. The number of amides is 3. The van der Waals surface area contributed by atoms with Crippen molar-refractivity contribution in [1.82, 2.24) is 15.0 Å². The van der Waals surface area contributed by atoms with Crippen LogP contribution in [0.4, 0.5) is 25.5 Å². The summed E-state index contributed by atoms with van der Waals surface area (Å²) >= 11 is 0. The number of anilines is 2. The summed E-state index contributed by atoms with van der Waals surface area (Å²) in [7, 11) is 1.36. The van der Waals surface area contributed by atoms with Crippen LogP contribution in [0.15, 0.2) is 28.8 Å². The van der Waals surface area contributed by atoms with E-state index in [0.717, 1.165) is 5.56 Å². The topological polar surface area (TPSA) is 99.9 Å². The number of piperazine rings is 1. The van der Waals surface area contributed by atoms with Crippen LogP contribution in [-0.4, -0.2) is 60.4 Å². The third-order valence-electron chi connectivity index (χ3n) is 4.36. The molecule has 1 fully saturated rings. The van der Waals surface area contributed by atoms with Crippen LogP contribution in [0.1, 0.15) is 11.3 Å². The van der Waals surface area contributed by atoms with Crippen LogP contribution in [0.25, 0.3) is 0 Å². The molecule has 2 aromatic rings. The van der Waals surface area contributed by atoms with Crippen molar-refractivity contribution < 1.29 is 23.2 Å². The van der Waals surface area contributed by atoms with Gasteiger partial charge in [0.2, 0.25) is 0 Å². The van der Waals surface area contributed by atoms with Crippen LogP contribution in [0.3, 0.4) is 0 Å². The van der Waals surface area contributed by atoms with E-state index in [1.165, 1.54) is 13.2 Å². The molecule has 0 spiro atoms. The molecule has 2 N–H and O–H groups in total. The molecule has 1 aromatic heterocycles. The quantitative estimate of drug-likeness (QED) is 0.831. The zero-order chi connectivity index (χ0) is 20.1. The number of ether oxygens (including phenoxy) is 1. The summed E-state index contributed by atoms with van der Waals surface area (Å²) in [6, 6.07) is 5.52. The lowest BCUT2D eigenvalue weighted by atomic mass is 10.1. The molecule has 1 aromatic carbocycles. The summed E-state index contributed by atoms with van der Waals surface area (Å²) in [4.78, 5) is 27.4. The highest BCUT2D eigenvalue weighted by Crippen LogP contribution is 2.19. The highest BCUT2D eigenvalue weighted by molar-refractivity contribution is 5.99. The van der Waals surface area contributed by atoms with Crippen molar-refractivity contribution >= 4 is 23.6 Å². The molecule has 0 bridgehead atoms. The molecule has 0 atom stereocenters. The van der Waals surface area contributed by atoms with E-state index in [-0.39, 0.29) is 17.6 Å². The van der Waals surface area contributed by atoms with Crippen molar-refractivity contribution in [2.45, 2.75) is 13.5 Å².